The quantitative estimate of drug-likeness (QED) is 0.798. The smallest absolute Gasteiger partial charge is 0.306 e. The van der Waals surface area contributed by atoms with Gasteiger partial charge in [-0.3, -0.25) is 9.59 Å². The minimum Gasteiger partial charge on any atom is -0.481 e. The Kier molecular flexibility index (Phi) is 5.77. The maximum atomic E-state index is 11.6. The highest BCUT2D eigenvalue weighted by Gasteiger charge is 2.20. The fourth-order valence-corrected chi connectivity index (χ4v) is 2.23. The first-order chi connectivity index (χ1) is 8.49. The highest BCUT2D eigenvalue weighted by atomic mass is 32.1. The van der Waals surface area contributed by atoms with Crippen molar-refractivity contribution in [2.24, 2.45) is 11.8 Å². The van der Waals surface area contributed by atoms with Gasteiger partial charge < -0.3 is 10.4 Å². The van der Waals surface area contributed by atoms with Gasteiger partial charge in [0.1, 0.15) is 0 Å². The lowest BCUT2D eigenvalue weighted by molar-refractivity contribution is -0.142. The van der Waals surface area contributed by atoms with Gasteiger partial charge in [0.15, 0.2) is 5.13 Å². The summed E-state index contributed by atoms with van der Waals surface area (Å²) in [6, 6.07) is 0. The Labute approximate surface area is 110 Å². The Balaban J connectivity index is 2.37. The van der Waals surface area contributed by atoms with E-state index in [9.17, 15) is 9.59 Å². The first-order valence-corrected chi connectivity index (χ1v) is 6.79. The molecule has 1 rings (SSSR count). The number of carbonyl (C=O) groups excluding carboxylic acids is 1. The van der Waals surface area contributed by atoms with Gasteiger partial charge in [0.25, 0.3) is 0 Å². The number of rotatable bonds is 7. The van der Waals surface area contributed by atoms with Crippen LogP contribution in [0.5, 0.6) is 0 Å². The number of carboxylic acid groups (broad SMARTS) is 1. The van der Waals surface area contributed by atoms with E-state index in [4.69, 9.17) is 5.11 Å². The molecule has 100 valence electrons. The molecule has 0 aliphatic rings. The Hall–Kier alpha value is -1.43. The molecule has 6 heteroatoms. The van der Waals surface area contributed by atoms with Gasteiger partial charge in [-0.25, -0.2) is 4.98 Å². The van der Waals surface area contributed by atoms with Crippen molar-refractivity contribution in [3.05, 3.63) is 11.6 Å². The summed E-state index contributed by atoms with van der Waals surface area (Å²) >= 11 is 1.34. The molecule has 0 aromatic carbocycles. The van der Waals surface area contributed by atoms with E-state index in [1.807, 2.05) is 13.8 Å². The molecule has 0 radical (unpaired) electrons. The van der Waals surface area contributed by atoms with Crippen LogP contribution in [0, 0.1) is 11.8 Å². The maximum Gasteiger partial charge on any atom is 0.306 e. The minimum atomic E-state index is -0.828. The SMILES string of the molecule is CC(C)C[C@@H](CCC(=O)Nc1nccs1)C(=O)O. The lowest BCUT2D eigenvalue weighted by Gasteiger charge is -2.13. The molecule has 1 aromatic heterocycles. The summed E-state index contributed by atoms with van der Waals surface area (Å²) in [6.45, 7) is 3.96. The van der Waals surface area contributed by atoms with Gasteiger partial charge in [-0.15, -0.1) is 11.3 Å². The van der Waals surface area contributed by atoms with Crippen molar-refractivity contribution in [3.8, 4) is 0 Å². The van der Waals surface area contributed by atoms with Crippen molar-refractivity contribution in [1.29, 1.82) is 0 Å². The Morgan fingerprint density at radius 1 is 1.50 bits per heavy atom. The van der Waals surface area contributed by atoms with Crippen LogP contribution in [0.2, 0.25) is 0 Å². The van der Waals surface area contributed by atoms with Crippen LogP contribution in [0.25, 0.3) is 0 Å². The zero-order chi connectivity index (χ0) is 13.5. The molecule has 0 bridgehead atoms. The average molecular weight is 270 g/mol. The summed E-state index contributed by atoms with van der Waals surface area (Å²) in [4.78, 5) is 26.5. The normalized spacial score (nSPS) is 12.4. The molecule has 0 aliphatic carbocycles. The van der Waals surface area contributed by atoms with Crippen molar-refractivity contribution < 1.29 is 14.7 Å². The molecule has 0 spiro atoms. The first kappa shape index (κ1) is 14.6. The van der Waals surface area contributed by atoms with Gasteiger partial charge in [0, 0.05) is 18.0 Å². The molecule has 0 saturated carbocycles. The second kappa shape index (κ2) is 7.10. The molecule has 18 heavy (non-hydrogen) atoms. The van der Waals surface area contributed by atoms with E-state index in [0.29, 0.717) is 23.9 Å². The molecule has 1 heterocycles. The maximum absolute atomic E-state index is 11.6. The minimum absolute atomic E-state index is 0.181. The van der Waals surface area contributed by atoms with Crippen molar-refractivity contribution >= 4 is 28.3 Å². The Bertz CT molecular complexity index is 390. The average Bonchev–Trinajstić information content (AvgIpc) is 2.76. The number of aromatic nitrogens is 1. The molecule has 2 N–H and O–H groups in total. The Morgan fingerprint density at radius 2 is 2.22 bits per heavy atom. The number of anilines is 1. The Morgan fingerprint density at radius 3 is 2.72 bits per heavy atom. The number of nitrogens with zero attached hydrogens (tertiary/aromatic N) is 1. The van der Waals surface area contributed by atoms with Gasteiger partial charge in [-0.1, -0.05) is 13.8 Å². The summed E-state index contributed by atoms with van der Waals surface area (Å²) in [5.41, 5.74) is 0. The van der Waals surface area contributed by atoms with E-state index in [1.54, 1.807) is 11.6 Å². The van der Waals surface area contributed by atoms with Crippen molar-refractivity contribution in [2.45, 2.75) is 33.1 Å². The number of hydrogen-bond acceptors (Lipinski definition) is 4. The summed E-state index contributed by atoms with van der Waals surface area (Å²) in [5, 5.41) is 14.0. The van der Waals surface area contributed by atoms with Crippen LogP contribution < -0.4 is 5.32 Å². The molecule has 5 nitrogen and oxygen atoms in total. The third-order valence-corrected chi connectivity index (χ3v) is 3.19. The van der Waals surface area contributed by atoms with Crippen LogP contribution in [0.3, 0.4) is 0 Å². The number of carboxylic acids is 1. The molecular formula is C12H18N2O3S. The molecule has 0 saturated heterocycles. The number of amides is 1. The van der Waals surface area contributed by atoms with Crippen LogP contribution in [-0.2, 0) is 9.59 Å². The third kappa shape index (κ3) is 5.27. The van der Waals surface area contributed by atoms with Crippen LogP contribution in [-0.4, -0.2) is 22.0 Å². The van der Waals surface area contributed by atoms with E-state index >= 15 is 0 Å². The van der Waals surface area contributed by atoms with Gasteiger partial charge >= 0.3 is 5.97 Å². The lowest BCUT2D eigenvalue weighted by atomic mass is 9.93. The second-order valence-corrected chi connectivity index (χ2v) is 5.48. The standard InChI is InChI=1S/C12H18N2O3S/c1-8(2)7-9(11(16)17)3-4-10(15)14-12-13-5-6-18-12/h5-6,8-9H,3-4,7H2,1-2H3,(H,16,17)(H,13,14,15)/t9-/m1/s1. The highest BCUT2D eigenvalue weighted by Crippen LogP contribution is 2.18. The van der Waals surface area contributed by atoms with Crippen molar-refractivity contribution in [3.63, 3.8) is 0 Å². The molecule has 1 amide bonds. The highest BCUT2D eigenvalue weighted by molar-refractivity contribution is 7.13. The summed E-state index contributed by atoms with van der Waals surface area (Å²) in [7, 11) is 0. The monoisotopic (exact) mass is 270 g/mol. The molecule has 1 atom stereocenters. The van der Waals surface area contributed by atoms with E-state index in [2.05, 4.69) is 10.3 Å². The predicted octanol–water partition coefficient (Wildman–Crippen LogP) is 2.61. The molecular weight excluding hydrogens is 252 g/mol. The number of thiazole rings is 1. The van der Waals surface area contributed by atoms with E-state index < -0.39 is 11.9 Å². The largest absolute Gasteiger partial charge is 0.481 e. The van der Waals surface area contributed by atoms with Gasteiger partial charge in [-0.05, 0) is 18.8 Å². The lowest BCUT2D eigenvalue weighted by Crippen LogP contribution is -2.19. The van der Waals surface area contributed by atoms with Crippen LogP contribution >= 0.6 is 11.3 Å². The van der Waals surface area contributed by atoms with Gasteiger partial charge in [-0.2, -0.15) is 0 Å². The summed E-state index contributed by atoms with van der Waals surface area (Å²) < 4.78 is 0. The first-order valence-electron chi connectivity index (χ1n) is 5.91. The van der Waals surface area contributed by atoms with Crippen LogP contribution in [0.4, 0.5) is 5.13 Å². The van der Waals surface area contributed by atoms with E-state index in [0.717, 1.165) is 0 Å². The van der Waals surface area contributed by atoms with Crippen molar-refractivity contribution in [2.75, 3.05) is 5.32 Å². The topological polar surface area (TPSA) is 79.3 Å². The number of nitrogens with one attached hydrogen (secondary N) is 1. The fourth-order valence-electron chi connectivity index (χ4n) is 1.68. The van der Waals surface area contributed by atoms with Crippen molar-refractivity contribution in [1.82, 2.24) is 4.98 Å². The number of hydrogen-bond donors (Lipinski definition) is 2. The van der Waals surface area contributed by atoms with E-state index in [1.165, 1.54) is 11.3 Å². The second-order valence-electron chi connectivity index (χ2n) is 4.59. The molecule has 1 aromatic rings. The molecule has 0 aliphatic heterocycles. The van der Waals surface area contributed by atoms with Gasteiger partial charge in [0.05, 0.1) is 5.92 Å². The van der Waals surface area contributed by atoms with Gasteiger partial charge in [0.2, 0.25) is 5.91 Å². The fraction of sp³-hybridized carbons (Fsp3) is 0.583. The molecule has 0 fully saturated rings. The number of aliphatic carboxylic acids is 1. The number of carbonyl (C=O) groups is 2. The summed E-state index contributed by atoms with van der Waals surface area (Å²) in [5.74, 6) is -1.15. The van der Waals surface area contributed by atoms with Crippen LogP contribution in [0.1, 0.15) is 33.1 Å². The third-order valence-electron chi connectivity index (χ3n) is 2.50. The van der Waals surface area contributed by atoms with Crippen LogP contribution in [0.15, 0.2) is 11.6 Å². The molecule has 0 unspecified atom stereocenters. The zero-order valence-corrected chi connectivity index (χ0v) is 11.4. The zero-order valence-electron chi connectivity index (χ0n) is 10.5. The van der Waals surface area contributed by atoms with E-state index in [-0.39, 0.29) is 12.3 Å². The summed E-state index contributed by atoms with van der Waals surface area (Å²) in [6.07, 6.45) is 2.78. The predicted molar refractivity (Wildman–Crippen MR) is 70.6 cm³/mol.